The van der Waals surface area contributed by atoms with Crippen LogP contribution in [0, 0.1) is 0 Å². The summed E-state index contributed by atoms with van der Waals surface area (Å²) in [5.74, 6) is 0. The second kappa shape index (κ2) is 5.99. The third-order valence-electron chi connectivity index (χ3n) is 3.58. The van der Waals surface area contributed by atoms with E-state index >= 15 is 0 Å². The Morgan fingerprint density at radius 1 is 1.44 bits per heavy atom. The molecule has 0 spiro atoms. The van der Waals surface area contributed by atoms with Gasteiger partial charge in [0.15, 0.2) is 5.13 Å². The minimum absolute atomic E-state index is 0.527. The van der Waals surface area contributed by atoms with Crippen molar-refractivity contribution < 1.29 is 0 Å². The van der Waals surface area contributed by atoms with Crippen LogP contribution < -0.4 is 10.6 Å². The first-order chi connectivity index (χ1) is 8.65. The fourth-order valence-corrected chi connectivity index (χ4v) is 3.74. The number of anilines is 1. The van der Waals surface area contributed by atoms with Crippen LogP contribution in [0.3, 0.4) is 0 Å². The average Bonchev–Trinajstić information content (AvgIpc) is 2.69. The molecule has 0 amide bonds. The van der Waals surface area contributed by atoms with E-state index in [9.17, 15) is 0 Å². The van der Waals surface area contributed by atoms with Gasteiger partial charge in [-0.2, -0.15) is 0 Å². The maximum absolute atomic E-state index is 5.80. The minimum atomic E-state index is 0.527. The highest BCUT2D eigenvalue weighted by molar-refractivity contribution is 7.15. The summed E-state index contributed by atoms with van der Waals surface area (Å²) in [6.07, 6.45) is 2.19. The first kappa shape index (κ1) is 13.8. The molecule has 2 heterocycles. The normalized spacial score (nSPS) is 22.2. The van der Waals surface area contributed by atoms with Gasteiger partial charge in [0.2, 0.25) is 0 Å². The third kappa shape index (κ3) is 2.84. The number of hydrogen-bond donors (Lipinski definition) is 1. The summed E-state index contributed by atoms with van der Waals surface area (Å²) >= 11 is 1.78. The summed E-state index contributed by atoms with van der Waals surface area (Å²) in [5.41, 5.74) is 6.98. The van der Waals surface area contributed by atoms with E-state index in [1.54, 1.807) is 11.3 Å². The number of nitrogens with zero attached hydrogens (tertiary/aromatic N) is 3. The first-order valence-electron chi connectivity index (χ1n) is 6.79. The standard InChI is InChI=1S/C13H24N4S/c1-4-11-12(8-14)18-13(15-11)17-7-5-6-16(3)9-10(17)2/h10H,4-9,14H2,1-3H3. The van der Waals surface area contributed by atoms with E-state index < -0.39 is 0 Å². The zero-order chi connectivity index (χ0) is 13.1. The fraction of sp³-hybridized carbons (Fsp3) is 0.769. The molecule has 0 bridgehead atoms. The van der Waals surface area contributed by atoms with E-state index in [1.807, 2.05) is 0 Å². The van der Waals surface area contributed by atoms with Gasteiger partial charge in [0.25, 0.3) is 0 Å². The van der Waals surface area contributed by atoms with Gasteiger partial charge in [-0.25, -0.2) is 4.98 Å². The highest BCUT2D eigenvalue weighted by atomic mass is 32.1. The van der Waals surface area contributed by atoms with Gasteiger partial charge >= 0.3 is 0 Å². The van der Waals surface area contributed by atoms with Crippen LogP contribution in [-0.4, -0.2) is 42.6 Å². The fourth-order valence-electron chi connectivity index (χ4n) is 2.58. The van der Waals surface area contributed by atoms with Gasteiger partial charge in [-0.05, 0) is 33.4 Å². The Labute approximate surface area is 114 Å². The summed E-state index contributed by atoms with van der Waals surface area (Å²) in [5, 5.41) is 1.16. The van der Waals surface area contributed by atoms with Gasteiger partial charge in [0.05, 0.1) is 5.69 Å². The van der Waals surface area contributed by atoms with Crippen LogP contribution in [0.1, 0.15) is 30.8 Å². The largest absolute Gasteiger partial charge is 0.344 e. The summed E-state index contributed by atoms with van der Waals surface area (Å²) in [6.45, 7) is 8.44. The molecule has 1 aliphatic heterocycles. The van der Waals surface area contributed by atoms with Crippen molar-refractivity contribution in [2.75, 3.05) is 31.6 Å². The molecule has 5 heteroatoms. The minimum Gasteiger partial charge on any atom is -0.344 e. The quantitative estimate of drug-likeness (QED) is 0.906. The molecule has 1 aliphatic rings. The highest BCUT2D eigenvalue weighted by Crippen LogP contribution is 2.29. The lowest BCUT2D eigenvalue weighted by molar-refractivity contribution is 0.337. The number of hydrogen-bond acceptors (Lipinski definition) is 5. The molecule has 0 saturated carbocycles. The molecule has 1 fully saturated rings. The molecule has 4 nitrogen and oxygen atoms in total. The Morgan fingerprint density at radius 2 is 2.22 bits per heavy atom. The predicted molar refractivity (Wildman–Crippen MR) is 78.3 cm³/mol. The molecule has 1 aromatic heterocycles. The Bertz CT molecular complexity index is 369. The molecule has 102 valence electrons. The third-order valence-corrected chi connectivity index (χ3v) is 4.74. The van der Waals surface area contributed by atoms with Crippen LogP contribution in [0.2, 0.25) is 0 Å². The molecule has 18 heavy (non-hydrogen) atoms. The van der Waals surface area contributed by atoms with Gasteiger partial charge in [-0.15, -0.1) is 11.3 Å². The second-order valence-electron chi connectivity index (χ2n) is 5.08. The number of aromatic nitrogens is 1. The molecule has 2 rings (SSSR count). The van der Waals surface area contributed by atoms with Crippen LogP contribution in [0.5, 0.6) is 0 Å². The highest BCUT2D eigenvalue weighted by Gasteiger charge is 2.23. The van der Waals surface area contributed by atoms with Crippen molar-refractivity contribution in [3.8, 4) is 0 Å². The number of rotatable bonds is 3. The van der Waals surface area contributed by atoms with Crippen molar-refractivity contribution in [1.29, 1.82) is 0 Å². The Morgan fingerprint density at radius 3 is 2.83 bits per heavy atom. The van der Waals surface area contributed by atoms with Crippen LogP contribution in [0.15, 0.2) is 0 Å². The summed E-state index contributed by atoms with van der Waals surface area (Å²) in [7, 11) is 2.20. The van der Waals surface area contributed by atoms with Crippen molar-refractivity contribution in [3.63, 3.8) is 0 Å². The molecule has 0 radical (unpaired) electrons. The summed E-state index contributed by atoms with van der Waals surface area (Å²) < 4.78 is 0. The Hall–Kier alpha value is -0.650. The van der Waals surface area contributed by atoms with Crippen LogP contribution in [-0.2, 0) is 13.0 Å². The Balaban J connectivity index is 2.21. The Kier molecular flexibility index (Phi) is 4.59. The molecular weight excluding hydrogens is 244 g/mol. The average molecular weight is 268 g/mol. The van der Waals surface area contributed by atoms with Crippen molar-refractivity contribution in [3.05, 3.63) is 10.6 Å². The molecule has 1 aromatic rings. The summed E-state index contributed by atoms with van der Waals surface area (Å²) in [6, 6.07) is 0.527. The lowest BCUT2D eigenvalue weighted by Gasteiger charge is -2.27. The van der Waals surface area contributed by atoms with Crippen LogP contribution >= 0.6 is 11.3 Å². The van der Waals surface area contributed by atoms with E-state index in [1.165, 1.54) is 23.5 Å². The van der Waals surface area contributed by atoms with Gasteiger partial charge in [-0.3, -0.25) is 0 Å². The van der Waals surface area contributed by atoms with E-state index in [0.29, 0.717) is 12.6 Å². The molecule has 0 aromatic carbocycles. The molecule has 0 aliphatic carbocycles. The van der Waals surface area contributed by atoms with Gasteiger partial charge in [0.1, 0.15) is 0 Å². The smallest absolute Gasteiger partial charge is 0.186 e. The molecular formula is C13H24N4S. The van der Waals surface area contributed by atoms with E-state index in [-0.39, 0.29) is 0 Å². The van der Waals surface area contributed by atoms with E-state index in [0.717, 1.165) is 24.6 Å². The molecule has 1 atom stereocenters. The van der Waals surface area contributed by atoms with Gasteiger partial charge < -0.3 is 15.5 Å². The SMILES string of the molecule is CCc1nc(N2CCCN(C)CC2C)sc1CN. The number of nitrogens with two attached hydrogens (primary N) is 1. The van der Waals surface area contributed by atoms with Gasteiger partial charge in [-0.1, -0.05) is 6.92 Å². The van der Waals surface area contributed by atoms with Crippen molar-refractivity contribution in [2.45, 2.75) is 39.3 Å². The lowest BCUT2D eigenvalue weighted by Crippen LogP contribution is -2.37. The zero-order valence-electron chi connectivity index (χ0n) is 11.6. The van der Waals surface area contributed by atoms with Crippen LogP contribution in [0.25, 0.3) is 0 Å². The lowest BCUT2D eigenvalue weighted by atomic mass is 10.3. The number of thiazole rings is 1. The van der Waals surface area contributed by atoms with Crippen LogP contribution in [0.4, 0.5) is 5.13 Å². The van der Waals surface area contributed by atoms with Gasteiger partial charge in [0, 0.05) is 30.6 Å². The predicted octanol–water partition coefficient (Wildman–Crippen LogP) is 1.69. The second-order valence-corrected chi connectivity index (χ2v) is 6.14. The summed E-state index contributed by atoms with van der Waals surface area (Å²) in [4.78, 5) is 10.9. The number of aryl methyl sites for hydroxylation is 1. The zero-order valence-corrected chi connectivity index (χ0v) is 12.5. The van der Waals surface area contributed by atoms with E-state index in [2.05, 4.69) is 30.7 Å². The monoisotopic (exact) mass is 268 g/mol. The molecule has 1 saturated heterocycles. The molecule has 2 N–H and O–H groups in total. The van der Waals surface area contributed by atoms with Crippen molar-refractivity contribution >= 4 is 16.5 Å². The topological polar surface area (TPSA) is 45.4 Å². The van der Waals surface area contributed by atoms with E-state index in [4.69, 9.17) is 10.7 Å². The maximum Gasteiger partial charge on any atom is 0.186 e. The number of likely N-dealkylation sites (N-methyl/N-ethyl adjacent to an activating group) is 1. The van der Waals surface area contributed by atoms with Crippen molar-refractivity contribution in [1.82, 2.24) is 9.88 Å². The molecule has 1 unspecified atom stereocenters. The first-order valence-corrected chi connectivity index (χ1v) is 7.61. The van der Waals surface area contributed by atoms with Crippen molar-refractivity contribution in [2.24, 2.45) is 5.73 Å². The maximum atomic E-state index is 5.80.